The molecule has 0 radical (unpaired) electrons. The van der Waals surface area contributed by atoms with Gasteiger partial charge in [0.2, 0.25) is 0 Å². The molecule has 0 saturated heterocycles. The van der Waals surface area contributed by atoms with Crippen LogP contribution in [-0.2, 0) is 5.75 Å². The third-order valence-corrected chi connectivity index (χ3v) is 7.18. The van der Waals surface area contributed by atoms with Gasteiger partial charge >= 0.3 is 0 Å². The van der Waals surface area contributed by atoms with Crippen molar-refractivity contribution in [3.63, 3.8) is 0 Å². The first-order chi connectivity index (χ1) is 13.0. The van der Waals surface area contributed by atoms with Crippen molar-refractivity contribution in [3.8, 4) is 5.75 Å². The van der Waals surface area contributed by atoms with Crippen LogP contribution in [0.25, 0.3) is 0 Å². The van der Waals surface area contributed by atoms with Gasteiger partial charge in [-0.1, -0.05) is 70.8 Å². The predicted molar refractivity (Wildman–Crippen MR) is 113 cm³/mol. The second kappa shape index (κ2) is 9.39. The number of nitrogens with zero attached hydrogens (tertiary/aromatic N) is 2. The van der Waals surface area contributed by atoms with Crippen molar-refractivity contribution in [2.45, 2.75) is 28.3 Å². The summed E-state index contributed by atoms with van der Waals surface area (Å²) < 4.78 is 6.90. The van der Waals surface area contributed by atoms with E-state index in [4.69, 9.17) is 4.74 Å². The van der Waals surface area contributed by atoms with Gasteiger partial charge in [-0.15, -0.1) is 10.2 Å². The fraction of sp³-hybridized carbons (Fsp3) is 0.250. The lowest BCUT2D eigenvalue weighted by molar-refractivity contribution is 0.102. The second-order valence-corrected chi connectivity index (χ2v) is 9.42. The van der Waals surface area contributed by atoms with E-state index in [0.29, 0.717) is 5.75 Å². The maximum Gasteiger partial charge on any atom is 0.175 e. The highest BCUT2D eigenvalue weighted by molar-refractivity contribution is 8.03. The van der Waals surface area contributed by atoms with Crippen LogP contribution in [0.3, 0.4) is 0 Å². The Morgan fingerprint density at radius 2 is 1.74 bits per heavy atom. The van der Waals surface area contributed by atoms with Crippen LogP contribution in [0, 0.1) is 13.8 Å². The van der Waals surface area contributed by atoms with Gasteiger partial charge in [0, 0.05) is 11.3 Å². The van der Waals surface area contributed by atoms with E-state index in [1.165, 1.54) is 34.2 Å². The van der Waals surface area contributed by atoms with Crippen molar-refractivity contribution in [1.29, 1.82) is 0 Å². The molecule has 4 nitrogen and oxygen atoms in total. The van der Waals surface area contributed by atoms with E-state index < -0.39 is 0 Å². The van der Waals surface area contributed by atoms with Crippen LogP contribution in [0.15, 0.2) is 51.1 Å². The van der Waals surface area contributed by atoms with Gasteiger partial charge in [-0.05, 0) is 37.1 Å². The number of aryl methyl sites for hydroxylation is 2. The van der Waals surface area contributed by atoms with Crippen molar-refractivity contribution in [1.82, 2.24) is 10.2 Å². The van der Waals surface area contributed by atoms with E-state index in [1.807, 2.05) is 56.3 Å². The lowest BCUT2D eigenvalue weighted by Gasteiger charge is -2.04. The monoisotopic (exact) mass is 416 g/mol. The first kappa shape index (κ1) is 19.9. The Kier molecular flexibility index (Phi) is 6.93. The third kappa shape index (κ3) is 5.57. The molecule has 0 spiro atoms. The summed E-state index contributed by atoms with van der Waals surface area (Å²) >= 11 is 4.63. The molecular weight excluding hydrogens is 396 g/mol. The topological polar surface area (TPSA) is 52.1 Å². The fourth-order valence-corrected chi connectivity index (χ4v) is 5.37. The number of carbonyl (C=O) groups excluding carboxylic acids is 1. The van der Waals surface area contributed by atoms with Gasteiger partial charge in [-0.25, -0.2) is 0 Å². The minimum Gasteiger partial charge on any atom is -0.497 e. The summed E-state index contributed by atoms with van der Waals surface area (Å²) in [6, 6.07) is 13.9. The Bertz CT molecular complexity index is 923. The Balaban J connectivity index is 1.52. The van der Waals surface area contributed by atoms with Crippen LogP contribution >= 0.6 is 34.9 Å². The predicted octanol–water partition coefficient (Wildman–Crippen LogP) is 5.43. The SMILES string of the molecule is COc1ccc(CSc2nnc(SCC(=O)c3ccc(C)cc3C)s2)cc1. The zero-order chi connectivity index (χ0) is 19.2. The van der Waals surface area contributed by atoms with Crippen LogP contribution in [0.2, 0.25) is 0 Å². The highest BCUT2D eigenvalue weighted by Crippen LogP contribution is 2.31. The molecule has 0 saturated carbocycles. The van der Waals surface area contributed by atoms with Gasteiger partial charge in [-0.2, -0.15) is 0 Å². The molecule has 0 amide bonds. The van der Waals surface area contributed by atoms with Gasteiger partial charge < -0.3 is 4.74 Å². The molecule has 1 aromatic heterocycles. The largest absolute Gasteiger partial charge is 0.497 e. The first-order valence-corrected chi connectivity index (χ1v) is 11.2. The Labute approximate surface area is 171 Å². The number of aromatic nitrogens is 2. The highest BCUT2D eigenvalue weighted by Gasteiger charge is 2.12. The van der Waals surface area contributed by atoms with E-state index in [0.717, 1.165) is 31.3 Å². The van der Waals surface area contributed by atoms with Crippen LogP contribution in [0.1, 0.15) is 27.0 Å². The van der Waals surface area contributed by atoms with Crippen molar-refractivity contribution in [2.75, 3.05) is 12.9 Å². The molecule has 3 rings (SSSR count). The minimum absolute atomic E-state index is 0.125. The van der Waals surface area contributed by atoms with Crippen molar-refractivity contribution >= 4 is 40.6 Å². The number of ether oxygens (including phenoxy) is 1. The number of carbonyl (C=O) groups is 1. The van der Waals surface area contributed by atoms with Crippen molar-refractivity contribution in [2.24, 2.45) is 0 Å². The number of Topliss-reactive ketones (excluding diaryl/α,β-unsaturated/α-hetero) is 1. The molecule has 0 fully saturated rings. The van der Waals surface area contributed by atoms with E-state index >= 15 is 0 Å². The summed E-state index contributed by atoms with van der Waals surface area (Å²) in [5, 5.41) is 8.42. The molecule has 0 aliphatic rings. The maximum atomic E-state index is 12.4. The summed E-state index contributed by atoms with van der Waals surface area (Å²) in [5.41, 5.74) is 4.18. The molecule has 1 heterocycles. The average Bonchev–Trinajstić information content (AvgIpc) is 3.13. The standard InChI is InChI=1S/C20H20N2O2S3/c1-13-4-9-17(14(2)10-13)18(23)12-26-20-22-21-19(27-20)25-11-15-5-7-16(24-3)8-6-15/h4-10H,11-12H2,1-3H3. The van der Waals surface area contributed by atoms with Crippen LogP contribution in [0.4, 0.5) is 0 Å². The molecule has 140 valence electrons. The zero-order valence-electron chi connectivity index (χ0n) is 15.4. The van der Waals surface area contributed by atoms with Crippen molar-refractivity contribution in [3.05, 3.63) is 64.7 Å². The molecule has 27 heavy (non-hydrogen) atoms. The molecule has 0 aliphatic carbocycles. The molecule has 0 bridgehead atoms. The van der Waals surface area contributed by atoms with Gasteiger partial charge in [0.05, 0.1) is 12.9 Å². The number of benzene rings is 2. The van der Waals surface area contributed by atoms with Crippen molar-refractivity contribution < 1.29 is 9.53 Å². The lowest BCUT2D eigenvalue weighted by Crippen LogP contribution is -2.04. The van der Waals surface area contributed by atoms with E-state index in [2.05, 4.69) is 10.2 Å². The van der Waals surface area contributed by atoms with Crippen LogP contribution in [-0.4, -0.2) is 28.8 Å². The zero-order valence-corrected chi connectivity index (χ0v) is 17.8. The van der Waals surface area contributed by atoms with Crippen LogP contribution < -0.4 is 4.74 Å². The molecule has 0 atom stereocenters. The molecule has 3 aromatic rings. The van der Waals surface area contributed by atoms with Gasteiger partial charge in [0.1, 0.15) is 5.75 Å². The minimum atomic E-state index is 0.125. The Hall–Kier alpha value is -1.83. The molecule has 2 aromatic carbocycles. The lowest BCUT2D eigenvalue weighted by atomic mass is 10.0. The number of rotatable bonds is 8. The second-order valence-electron chi connectivity index (χ2n) is 6.00. The summed E-state index contributed by atoms with van der Waals surface area (Å²) in [7, 11) is 1.66. The summed E-state index contributed by atoms with van der Waals surface area (Å²) in [4.78, 5) is 12.4. The maximum absolute atomic E-state index is 12.4. The number of methoxy groups -OCH3 is 1. The van der Waals surface area contributed by atoms with Gasteiger partial charge in [0.25, 0.3) is 0 Å². The molecular formula is C20H20N2O2S3. The smallest absolute Gasteiger partial charge is 0.175 e. The summed E-state index contributed by atoms with van der Waals surface area (Å²) in [6.07, 6.45) is 0. The van der Waals surface area contributed by atoms with E-state index in [9.17, 15) is 4.79 Å². The molecule has 7 heteroatoms. The van der Waals surface area contributed by atoms with Crippen LogP contribution in [0.5, 0.6) is 5.75 Å². The summed E-state index contributed by atoms with van der Waals surface area (Å²) in [5.74, 6) is 2.18. The Morgan fingerprint density at radius 1 is 1.04 bits per heavy atom. The van der Waals surface area contributed by atoms with E-state index in [-0.39, 0.29) is 5.78 Å². The first-order valence-electron chi connectivity index (χ1n) is 8.37. The molecule has 0 aliphatic heterocycles. The molecule has 0 unspecified atom stereocenters. The number of ketones is 1. The Morgan fingerprint density at radius 3 is 2.41 bits per heavy atom. The van der Waals surface area contributed by atoms with Gasteiger partial charge in [0.15, 0.2) is 14.5 Å². The van der Waals surface area contributed by atoms with Gasteiger partial charge in [-0.3, -0.25) is 4.79 Å². The van der Waals surface area contributed by atoms with E-state index in [1.54, 1.807) is 18.9 Å². The number of hydrogen-bond donors (Lipinski definition) is 0. The third-order valence-electron chi connectivity index (χ3n) is 3.92. The highest BCUT2D eigenvalue weighted by atomic mass is 32.2. The fourth-order valence-electron chi connectivity index (χ4n) is 2.51. The quantitative estimate of drug-likeness (QED) is 0.360. The normalized spacial score (nSPS) is 10.8. The number of thioether (sulfide) groups is 2. The summed E-state index contributed by atoms with van der Waals surface area (Å²) in [6.45, 7) is 4.01. The number of hydrogen-bond acceptors (Lipinski definition) is 7. The molecule has 0 N–H and O–H groups in total. The average molecular weight is 417 g/mol.